The molecule has 0 aromatic heterocycles. The molecular weight excluding hydrogens is 252 g/mol. The van der Waals surface area contributed by atoms with Crippen LogP contribution in [-0.4, -0.2) is 18.7 Å². The third-order valence-corrected chi connectivity index (χ3v) is 3.80. The molecule has 4 nitrogen and oxygen atoms in total. The molecule has 1 atom stereocenters. The zero-order chi connectivity index (χ0) is 14.4. The number of nitrogens with zero attached hydrogens (tertiary/aromatic N) is 1. The molecule has 0 saturated heterocycles. The molecule has 1 unspecified atom stereocenters. The van der Waals surface area contributed by atoms with Crippen LogP contribution >= 0.6 is 0 Å². The van der Waals surface area contributed by atoms with E-state index in [1.165, 1.54) is 12.8 Å². The monoisotopic (exact) mass is 274 g/mol. The average molecular weight is 274 g/mol. The Labute approximate surface area is 120 Å². The highest BCUT2D eigenvalue weighted by Gasteiger charge is 2.20. The van der Waals surface area contributed by atoms with E-state index in [4.69, 9.17) is 4.74 Å². The van der Waals surface area contributed by atoms with Crippen molar-refractivity contribution >= 4 is 11.6 Å². The van der Waals surface area contributed by atoms with Gasteiger partial charge in [-0.05, 0) is 49.3 Å². The predicted octanol–water partition coefficient (Wildman–Crippen LogP) is 2.92. The van der Waals surface area contributed by atoms with Crippen molar-refractivity contribution in [2.75, 3.05) is 7.11 Å². The number of carbonyl (C=O) groups is 1. The van der Waals surface area contributed by atoms with Gasteiger partial charge in [0, 0.05) is 5.71 Å². The van der Waals surface area contributed by atoms with E-state index in [9.17, 15) is 4.79 Å². The van der Waals surface area contributed by atoms with Gasteiger partial charge in [-0.2, -0.15) is 5.10 Å². The van der Waals surface area contributed by atoms with Gasteiger partial charge in [0.05, 0.1) is 13.5 Å². The molecule has 1 amide bonds. The summed E-state index contributed by atoms with van der Waals surface area (Å²) in [5, 5.41) is 4.30. The summed E-state index contributed by atoms with van der Waals surface area (Å²) in [5.74, 6) is 1.28. The van der Waals surface area contributed by atoms with Crippen LogP contribution < -0.4 is 10.2 Å². The quantitative estimate of drug-likeness (QED) is 0.839. The van der Waals surface area contributed by atoms with Gasteiger partial charge in [-0.3, -0.25) is 4.79 Å². The highest BCUT2D eigenvalue weighted by molar-refractivity contribution is 5.90. The van der Waals surface area contributed by atoms with Crippen LogP contribution in [0.25, 0.3) is 0 Å². The van der Waals surface area contributed by atoms with Crippen molar-refractivity contribution in [3.63, 3.8) is 0 Å². The first kappa shape index (κ1) is 14.6. The number of hydrogen-bond acceptors (Lipinski definition) is 3. The molecule has 1 saturated carbocycles. The Morgan fingerprint density at radius 2 is 2.15 bits per heavy atom. The third kappa shape index (κ3) is 3.83. The lowest BCUT2D eigenvalue weighted by molar-refractivity contribution is -0.120. The number of benzene rings is 1. The fourth-order valence-electron chi connectivity index (χ4n) is 2.59. The van der Waals surface area contributed by atoms with Gasteiger partial charge in [0.1, 0.15) is 5.75 Å². The van der Waals surface area contributed by atoms with Crippen molar-refractivity contribution in [1.82, 2.24) is 5.43 Å². The zero-order valence-corrected chi connectivity index (χ0v) is 12.2. The molecule has 108 valence electrons. The van der Waals surface area contributed by atoms with Crippen LogP contribution in [0.5, 0.6) is 5.75 Å². The highest BCUT2D eigenvalue weighted by atomic mass is 16.5. The summed E-state index contributed by atoms with van der Waals surface area (Å²) in [6.07, 6.45) is 4.85. The van der Waals surface area contributed by atoms with E-state index < -0.39 is 0 Å². The molecule has 0 bridgehead atoms. The maximum Gasteiger partial charge on any atom is 0.244 e. The van der Waals surface area contributed by atoms with Crippen LogP contribution in [0.1, 0.15) is 38.2 Å². The van der Waals surface area contributed by atoms with E-state index in [1.54, 1.807) is 7.11 Å². The molecule has 2 rings (SSSR count). The van der Waals surface area contributed by atoms with Gasteiger partial charge < -0.3 is 4.74 Å². The van der Waals surface area contributed by atoms with Gasteiger partial charge in [-0.25, -0.2) is 5.43 Å². The van der Waals surface area contributed by atoms with Crippen molar-refractivity contribution in [2.24, 2.45) is 11.0 Å². The molecule has 1 aromatic carbocycles. The van der Waals surface area contributed by atoms with Crippen molar-refractivity contribution in [3.05, 3.63) is 29.8 Å². The number of carbonyl (C=O) groups excluding carboxylic acids is 1. The van der Waals surface area contributed by atoms with Crippen LogP contribution in [-0.2, 0) is 11.2 Å². The molecule has 20 heavy (non-hydrogen) atoms. The Morgan fingerprint density at radius 3 is 2.80 bits per heavy atom. The lowest BCUT2D eigenvalue weighted by atomic mass is 10.0. The second kappa shape index (κ2) is 7.08. The molecule has 4 heteroatoms. The molecule has 0 heterocycles. The van der Waals surface area contributed by atoms with E-state index in [2.05, 4.69) is 17.5 Å². The first-order chi connectivity index (χ1) is 9.72. The van der Waals surface area contributed by atoms with Crippen LogP contribution in [0.4, 0.5) is 0 Å². The number of hydrogen-bond donors (Lipinski definition) is 1. The van der Waals surface area contributed by atoms with Crippen LogP contribution in [0.2, 0.25) is 0 Å². The van der Waals surface area contributed by atoms with Crippen molar-refractivity contribution in [1.29, 1.82) is 0 Å². The summed E-state index contributed by atoms with van der Waals surface area (Å²) < 4.78 is 5.09. The number of nitrogens with one attached hydrogen (secondary N) is 1. The van der Waals surface area contributed by atoms with E-state index in [-0.39, 0.29) is 5.91 Å². The summed E-state index contributed by atoms with van der Waals surface area (Å²) in [4.78, 5) is 11.9. The summed E-state index contributed by atoms with van der Waals surface area (Å²) >= 11 is 0. The van der Waals surface area contributed by atoms with Crippen molar-refractivity contribution in [3.8, 4) is 5.75 Å². The third-order valence-electron chi connectivity index (χ3n) is 3.80. The largest absolute Gasteiger partial charge is 0.497 e. The molecule has 1 aromatic rings. The van der Waals surface area contributed by atoms with Gasteiger partial charge in [0.25, 0.3) is 0 Å². The minimum Gasteiger partial charge on any atom is -0.497 e. The lowest BCUT2D eigenvalue weighted by Gasteiger charge is -2.08. The maximum absolute atomic E-state index is 11.9. The summed E-state index contributed by atoms with van der Waals surface area (Å²) in [7, 11) is 1.63. The van der Waals surface area contributed by atoms with Gasteiger partial charge >= 0.3 is 0 Å². The Morgan fingerprint density at radius 1 is 1.40 bits per heavy atom. The van der Waals surface area contributed by atoms with Gasteiger partial charge in [-0.1, -0.05) is 19.1 Å². The summed E-state index contributed by atoms with van der Waals surface area (Å²) in [6, 6.07) is 7.52. The second-order valence-corrected chi connectivity index (χ2v) is 5.16. The van der Waals surface area contributed by atoms with Gasteiger partial charge in [-0.15, -0.1) is 0 Å². The second-order valence-electron chi connectivity index (χ2n) is 5.16. The number of ether oxygens (including phenoxy) is 1. The number of methoxy groups -OCH3 is 1. The maximum atomic E-state index is 11.9. The summed E-state index contributed by atoms with van der Waals surface area (Å²) in [6.45, 7) is 2.17. The predicted molar refractivity (Wildman–Crippen MR) is 79.9 cm³/mol. The van der Waals surface area contributed by atoms with Crippen LogP contribution in [0.15, 0.2) is 29.4 Å². The fourth-order valence-corrected chi connectivity index (χ4v) is 2.59. The Kier molecular flexibility index (Phi) is 5.16. The van der Waals surface area contributed by atoms with E-state index in [0.29, 0.717) is 12.3 Å². The fraction of sp³-hybridized carbons (Fsp3) is 0.500. The molecule has 1 aliphatic carbocycles. The molecule has 0 radical (unpaired) electrons. The first-order valence-corrected chi connectivity index (χ1v) is 7.21. The molecular formula is C16H22N2O2. The Hall–Kier alpha value is -1.84. The molecule has 0 spiro atoms. The Bertz CT molecular complexity index is 480. The normalized spacial score (nSPS) is 20.1. The average Bonchev–Trinajstić information content (AvgIpc) is 2.93. The number of hydrazone groups is 1. The topological polar surface area (TPSA) is 50.7 Å². The van der Waals surface area contributed by atoms with Gasteiger partial charge in [0.15, 0.2) is 0 Å². The van der Waals surface area contributed by atoms with E-state index >= 15 is 0 Å². The number of rotatable bonds is 5. The Balaban J connectivity index is 1.87. The molecule has 0 aliphatic heterocycles. The van der Waals surface area contributed by atoms with Crippen molar-refractivity contribution in [2.45, 2.75) is 39.0 Å². The van der Waals surface area contributed by atoms with Crippen molar-refractivity contribution < 1.29 is 9.53 Å². The van der Waals surface area contributed by atoms with Crippen LogP contribution in [0, 0.1) is 5.92 Å². The standard InChI is InChI=1S/C16H22N2O2/c1-3-13-5-4-6-15(13)17-18-16(19)11-12-7-9-14(20-2)10-8-12/h7-10,13H,3-6,11H2,1-2H3,(H,18,19)/b17-15+. The van der Waals surface area contributed by atoms with Gasteiger partial charge in [0.2, 0.25) is 5.91 Å². The van der Waals surface area contributed by atoms with Crippen LogP contribution in [0.3, 0.4) is 0 Å². The SMILES string of the molecule is CCC1CCC/C1=N\NC(=O)Cc1ccc(OC)cc1. The minimum absolute atomic E-state index is 0.0654. The molecule has 1 N–H and O–H groups in total. The smallest absolute Gasteiger partial charge is 0.244 e. The lowest BCUT2D eigenvalue weighted by Crippen LogP contribution is -2.22. The zero-order valence-electron chi connectivity index (χ0n) is 12.2. The number of amides is 1. The summed E-state index contributed by atoms with van der Waals surface area (Å²) in [5.41, 5.74) is 4.79. The highest BCUT2D eigenvalue weighted by Crippen LogP contribution is 2.24. The minimum atomic E-state index is -0.0654. The molecule has 1 aliphatic rings. The van der Waals surface area contributed by atoms with E-state index in [0.717, 1.165) is 29.9 Å². The van der Waals surface area contributed by atoms with E-state index in [1.807, 2.05) is 24.3 Å². The first-order valence-electron chi connectivity index (χ1n) is 7.21. The molecule has 1 fully saturated rings.